The van der Waals surface area contributed by atoms with Gasteiger partial charge in [0.05, 0.1) is 17.2 Å². The van der Waals surface area contributed by atoms with Gasteiger partial charge in [0.1, 0.15) is 11.4 Å². The zero-order chi connectivity index (χ0) is 19.7. The summed E-state index contributed by atoms with van der Waals surface area (Å²) in [6, 6.07) is 6.20. The van der Waals surface area contributed by atoms with E-state index in [9.17, 15) is 29.7 Å². The zero-order valence-corrected chi connectivity index (χ0v) is 14.4. The number of phenols is 1. The minimum atomic E-state index is -1.86. The molecule has 138 valence electrons. The lowest BCUT2D eigenvalue weighted by molar-refractivity contribution is -0.139. The highest BCUT2D eigenvalue weighted by molar-refractivity contribution is 6.31. The molecule has 2 aromatic carbocycles. The molecule has 27 heavy (non-hydrogen) atoms. The van der Waals surface area contributed by atoms with Crippen LogP contribution < -0.4 is 5.73 Å². The third-order valence-corrected chi connectivity index (χ3v) is 5.52. The summed E-state index contributed by atoms with van der Waals surface area (Å²) < 4.78 is 0. The van der Waals surface area contributed by atoms with Gasteiger partial charge >= 0.3 is 0 Å². The molecule has 0 bridgehead atoms. The Kier molecular flexibility index (Phi) is 3.53. The Bertz CT molecular complexity index is 1060. The second-order valence-corrected chi connectivity index (χ2v) is 7.09. The Morgan fingerprint density at radius 3 is 2.26 bits per heavy atom. The molecule has 4 rings (SSSR count). The highest BCUT2D eigenvalue weighted by Crippen LogP contribution is 2.48. The number of aliphatic hydroxyl groups excluding tert-OH is 1. The number of aliphatic hydroxyl groups is 2. The first-order valence-corrected chi connectivity index (χ1v) is 8.44. The van der Waals surface area contributed by atoms with Crippen LogP contribution in [-0.4, -0.2) is 38.3 Å². The van der Waals surface area contributed by atoms with Gasteiger partial charge in [0.2, 0.25) is 0 Å². The zero-order valence-electron chi connectivity index (χ0n) is 14.4. The van der Waals surface area contributed by atoms with Crippen molar-refractivity contribution >= 4 is 23.0 Å². The lowest BCUT2D eigenvalue weighted by Crippen LogP contribution is -2.44. The van der Waals surface area contributed by atoms with E-state index < -0.39 is 34.8 Å². The SMILES string of the molecule is CC(=O)[C@]1(O)Cc2c(N)c3c(c(O)c2[C@H](O)C1)C(=O)c1ccccc1C3=O. The van der Waals surface area contributed by atoms with Crippen molar-refractivity contribution in [3.8, 4) is 5.75 Å². The molecule has 0 aliphatic heterocycles. The summed E-state index contributed by atoms with van der Waals surface area (Å²) in [6.07, 6.45) is -2.00. The predicted molar refractivity (Wildman–Crippen MR) is 94.7 cm³/mol. The van der Waals surface area contributed by atoms with Crippen LogP contribution in [0.5, 0.6) is 5.75 Å². The van der Waals surface area contributed by atoms with Gasteiger partial charge in [-0.15, -0.1) is 0 Å². The van der Waals surface area contributed by atoms with Gasteiger partial charge in [-0.25, -0.2) is 0 Å². The molecule has 2 aliphatic rings. The molecule has 2 aliphatic carbocycles. The number of rotatable bonds is 1. The molecule has 5 N–H and O–H groups in total. The number of hydrogen-bond acceptors (Lipinski definition) is 7. The van der Waals surface area contributed by atoms with E-state index in [2.05, 4.69) is 0 Å². The Morgan fingerprint density at radius 1 is 1.15 bits per heavy atom. The van der Waals surface area contributed by atoms with E-state index >= 15 is 0 Å². The van der Waals surface area contributed by atoms with Gasteiger partial charge < -0.3 is 21.1 Å². The summed E-state index contributed by atoms with van der Waals surface area (Å²) in [7, 11) is 0. The smallest absolute Gasteiger partial charge is 0.198 e. The Hall–Kier alpha value is -3.03. The van der Waals surface area contributed by atoms with E-state index in [1.165, 1.54) is 19.1 Å². The van der Waals surface area contributed by atoms with Gasteiger partial charge in [-0.3, -0.25) is 14.4 Å². The van der Waals surface area contributed by atoms with Gasteiger partial charge in [0.25, 0.3) is 0 Å². The molecule has 0 unspecified atom stereocenters. The molecule has 0 amide bonds. The molecule has 0 fully saturated rings. The van der Waals surface area contributed by atoms with Gasteiger partial charge in [-0.05, 0) is 12.5 Å². The molecule has 0 saturated heterocycles. The number of carbonyl (C=O) groups is 3. The van der Waals surface area contributed by atoms with Gasteiger partial charge in [0.15, 0.2) is 17.3 Å². The lowest BCUT2D eigenvalue weighted by Gasteiger charge is -2.37. The maximum absolute atomic E-state index is 13.0. The lowest BCUT2D eigenvalue weighted by atomic mass is 9.72. The molecule has 0 spiro atoms. The minimum Gasteiger partial charge on any atom is -0.507 e. The second kappa shape index (κ2) is 5.48. The van der Waals surface area contributed by atoms with Crippen molar-refractivity contribution in [2.45, 2.75) is 31.5 Å². The highest BCUT2D eigenvalue weighted by atomic mass is 16.3. The molecule has 0 aromatic heterocycles. The number of ketones is 3. The van der Waals surface area contributed by atoms with Gasteiger partial charge in [-0.2, -0.15) is 0 Å². The van der Waals surface area contributed by atoms with Crippen LogP contribution in [0.4, 0.5) is 5.69 Å². The average Bonchev–Trinajstić information content (AvgIpc) is 2.62. The second-order valence-electron chi connectivity index (χ2n) is 7.09. The first-order chi connectivity index (χ1) is 12.7. The molecule has 7 nitrogen and oxygen atoms in total. The number of carbonyl (C=O) groups excluding carboxylic acids is 3. The quantitative estimate of drug-likeness (QED) is 0.372. The van der Waals surface area contributed by atoms with Crippen LogP contribution in [0.1, 0.15) is 62.4 Å². The number of aromatic hydroxyl groups is 1. The van der Waals surface area contributed by atoms with Gasteiger partial charge in [-0.1, -0.05) is 24.3 Å². The van der Waals surface area contributed by atoms with Crippen molar-refractivity contribution in [2.75, 3.05) is 5.73 Å². The summed E-state index contributed by atoms with van der Waals surface area (Å²) in [4.78, 5) is 37.7. The fraction of sp³-hybridized carbons (Fsp3) is 0.250. The standard InChI is InChI=1S/C20H17NO6/c1-8(22)20(27)6-11-13(12(23)7-20)19(26)15-14(16(11)21)17(24)9-4-2-3-5-10(9)18(15)25/h2-5,12,23,26-27H,6-7,21H2,1H3/t12-,20+/m1/s1. The van der Waals surface area contributed by atoms with E-state index in [4.69, 9.17) is 5.73 Å². The van der Waals surface area contributed by atoms with Crippen LogP contribution in [0.25, 0.3) is 0 Å². The normalized spacial score (nSPS) is 23.4. The molecule has 7 heteroatoms. The number of hydrogen-bond donors (Lipinski definition) is 4. The van der Waals surface area contributed by atoms with Crippen molar-refractivity contribution in [3.05, 3.63) is 57.6 Å². The maximum atomic E-state index is 13.0. The van der Waals surface area contributed by atoms with Crippen LogP contribution in [0.3, 0.4) is 0 Å². The largest absolute Gasteiger partial charge is 0.507 e. The molecule has 0 saturated carbocycles. The molecular weight excluding hydrogens is 350 g/mol. The van der Waals surface area contributed by atoms with E-state index in [1.807, 2.05) is 0 Å². The summed E-state index contributed by atoms with van der Waals surface area (Å²) >= 11 is 0. The van der Waals surface area contributed by atoms with Crippen molar-refractivity contribution in [1.29, 1.82) is 0 Å². The van der Waals surface area contributed by atoms with Crippen LogP contribution in [0.15, 0.2) is 24.3 Å². The van der Waals surface area contributed by atoms with E-state index in [-0.39, 0.29) is 51.9 Å². The van der Waals surface area contributed by atoms with E-state index in [1.54, 1.807) is 12.1 Å². The van der Waals surface area contributed by atoms with Crippen LogP contribution in [0, 0.1) is 0 Å². The van der Waals surface area contributed by atoms with Crippen molar-refractivity contribution in [2.24, 2.45) is 0 Å². The summed E-state index contributed by atoms with van der Waals surface area (Å²) in [5.74, 6) is -2.18. The fourth-order valence-corrected chi connectivity index (χ4v) is 4.04. The third kappa shape index (κ3) is 2.19. The van der Waals surface area contributed by atoms with Gasteiger partial charge in [0, 0.05) is 35.2 Å². The number of nitrogens with two attached hydrogens (primary N) is 1. The van der Waals surface area contributed by atoms with Crippen LogP contribution >= 0.6 is 0 Å². The molecule has 2 aromatic rings. The Morgan fingerprint density at radius 2 is 1.70 bits per heavy atom. The first-order valence-electron chi connectivity index (χ1n) is 8.44. The third-order valence-electron chi connectivity index (χ3n) is 5.52. The number of fused-ring (bicyclic) bond motifs is 3. The number of benzene rings is 2. The topological polar surface area (TPSA) is 138 Å². The molecule has 0 heterocycles. The average molecular weight is 367 g/mol. The number of nitrogen functional groups attached to an aromatic ring is 1. The van der Waals surface area contributed by atoms with E-state index in [0.29, 0.717) is 0 Å². The maximum Gasteiger partial charge on any atom is 0.198 e. The predicted octanol–water partition coefficient (Wildman–Crippen LogP) is 1.05. The Balaban J connectivity index is 2.04. The minimum absolute atomic E-state index is 0.0160. The fourth-order valence-electron chi connectivity index (χ4n) is 4.04. The summed E-state index contributed by atoms with van der Waals surface area (Å²) in [5.41, 5.74) is 4.21. The first kappa shape index (κ1) is 17.4. The molecular formula is C20H17NO6. The van der Waals surface area contributed by atoms with Crippen LogP contribution in [0.2, 0.25) is 0 Å². The highest BCUT2D eigenvalue weighted by Gasteiger charge is 2.46. The molecule has 0 radical (unpaired) electrons. The summed E-state index contributed by atoms with van der Waals surface area (Å²) in [6.45, 7) is 1.19. The number of Topliss-reactive ketones (excluding diaryl/α,β-unsaturated/α-hetero) is 1. The summed E-state index contributed by atoms with van der Waals surface area (Å²) in [5, 5.41) is 31.8. The molecule has 2 atom stereocenters. The van der Waals surface area contributed by atoms with Crippen molar-refractivity contribution in [3.63, 3.8) is 0 Å². The number of phenolic OH excluding ortho intramolecular Hbond substituents is 1. The van der Waals surface area contributed by atoms with Crippen molar-refractivity contribution < 1.29 is 29.7 Å². The van der Waals surface area contributed by atoms with Crippen molar-refractivity contribution in [1.82, 2.24) is 0 Å². The monoisotopic (exact) mass is 367 g/mol. The Labute approximate surface area is 154 Å². The van der Waals surface area contributed by atoms with Crippen LogP contribution in [-0.2, 0) is 11.2 Å². The van der Waals surface area contributed by atoms with E-state index in [0.717, 1.165) is 0 Å². The number of anilines is 1.